The van der Waals surface area contributed by atoms with Crippen molar-refractivity contribution in [1.82, 2.24) is 29.1 Å². The molecule has 0 aliphatic carbocycles. The molecule has 0 unspecified atom stereocenters. The van der Waals surface area contributed by atoms with E-state index < -0.39 is 11.4 Å². The second kappa shape index (κ2) is 8.33. The summed E-state index contributed by atoms with van der Waals surface area (Å²) < 4.78 is 16.8. The summed E-state index contributed by atoms with van der Waals surface area (Å²) in [7, 11) is 3.71. The predicted molar refractivity (Wildman–Crippen MR) is 122 cm³/mol. The Kier molecular flexibility index (Phi) is 5.70. The van der Waals surface area contributed by atoms with Crippen LogP contribution in [0.5, 0.6) is 0 Å². The van der Waals surface area contributed by atoms with Crippen molar-refractivity contribution >= 4 is 40.1 Å². The largest absolute Gasteiger partial charge is 0.339 e. The van der Waals surface area contributed by atoms with Crippen LogP contribution in [0.15, 0.2) is 47.5 Å². The molecule has 0 spiro atoms. The summed E-state index contributed by atoms with van der Waals surface area (Å²) in [6.45, 7) is 2.67. The smallest absolute Gasteiger partial charge is 0.296 e. The van der Waals surface area contributed by atoms with E-state index in [0.29, 0.717) is 40.6 Å². The van der Waals surface area contributed by atoms with Crippen molar-refractivity contribution in [3.63, 3.8) is 0 Å². The number of nitrogens with zero attached hydrogens (tertiary/aromatic N) is 6. The number of hydrogen-bond acceptors (Lipinski definition) is 5. The SMILES string of the molecule is CN1CCN(C(=O)c2nn(-c3cccnc3)c(=O)c3c2c2ccc(F)cc2n3C)CC1.Cl. The van der Waals surface area contributed by atoms with Crippen molar-refractivity contribution < 1.29 is 9.18 Å². The molecule has 5 rings (SSSR count). The first-order valence-electron chi connectivity index (χ1n) is 10.0. The fourth-order valence-electron chi connectivity index (χ4n) is 4.16. The number of pyridine rings is 1. The number of rotatable bonds is 2. The van der Waals surface area contributed by atoms with Gasteiger partial charge >= 0.3 is 0 Å². The number of piperazine rings is 1. The maximum Gasteiger partial charge on any atom is 0.296 e. The third-order valence-electron chi connectivity index (χ3n) is 5.88. The van der Waals surface area contributed by atoms with Crippen LogP contribution < -0.4 is 5.56 Å². The lowest BCUT2D eigenvalue weighted by Gasteiger charge is -2.32. The predicted octanol–water partition coefficient (Wildman–Crippen LogP) is 2.22. The Balaban J connectivity index is 0.00000245. The van der Waals surface area contributed by atoms with Crippen LogP contribution in [0.2, 0.25) is 0 Å². The number of likely N-dealkylation sites (N-methyl/N-ethyl adjacent to an activating group) is 1. The molecule has 0 bridgehead atoms. The minimum atomic E-state index is -0.411. The van der Waals surface area contributed by atoms with Crippen LogP contribution in [-0.2, 0) is 7.05 Å². The lowest BCUT2D eigenvalue weighted by Crippen LogP contribution is -2.47. The number of carbonyl (C=O) groups excluding carboxylic acids is 1. The third kappa shape index (κ3) is 3.43. The van der Waals surface area contributed by atoms with E-state index in [-0.39, 0.29) is 24.0 Å². The van der Waals surface area contributed by atoms with Gasteiger partial charge in [0.05, 0.1) is 17.4 Å². The Hall–Kier alpha value is -3.30. The fourth-order valence-corrected chi connectivity index (χ4v) is 4.16. The molecule has 3 aromatic heterocycles. The van der Waals surface area contributed by atoms with E-state index in [4.69, 9.17) is 0 Å². The molecule has 0 saturated carbocycles. The summed E-state index contributed by atoms with van der Waals surface area (Å²) in [5, 5.41) is 5.58. The molecule has 1 aromatic carbocycles. The summed E-state index contributed by atoms with van der Waals surface area (Å²) in [6.07, 6.45) is 3.12. The van der Waals surface area contributed by atoms with Gasteiger partial charge in [0.2, 0.25) is 0 Å². The molecule has 166 valence electrons. The topological polar surface area (TPSA) is 76.3 Å². The number of carbonyl (C=O) groups is 1. The molecular formula is C22H22ClFN6O2. The van der Waals surface area contributed by atoms with Gasteiger partial charge in [-0.3, -0.25) is 14.6 Å². The van der Waals surface area contributed by atoms with Crippen molar-refractivity contribution in [3.05, 3.63) is 64.6 Å². The Morgan fingerprint density at radius 2 is 1.84 bits per heavy atom. The lowest BCUT2D eigenvalue weighted by molar-refractivity contribution is 0.0658. The molecule has 0 radical (unpaired) electrons. The first kappa shape index (κ1) is 21.9. The van der Waals surface area contributed by atoms with Crippen LogP contribution in [0.3, 0.4) is 0 Å². The number of aryl methyl sites for hydroxylation is 1. The Morgan fingerprint density at radius 1 is 1.09 bits per heavy atom. The summed E-state index contributed by atoms with van der Waals surface area (Å²) >= 11 is 0. The van der Waals surface area contributed by atoms with Gasteiger partial charge in [-0.2, -0.15) is 9.78 Å². The minimum absolute atomic E-state index is 0. The van der Waals surface area contributed by atoms with Gasteiger partial charge in [0.15, 0.2) is 5.69 Å². The van der Waals surface area contributed by atoms with E-state index in [1.54, 1.807) is 40.9 Å². The van der Waals surface area contributed by atoms with Crippen molar-refractivity contribution in [2.45, 2.75) is 0 Å². The van der Waals surface area contributed by atoms with Crippen LogP contribution in [0.1, 0.15) is 10.5 Å². The highest BCUT2D eigenvalue weighted by molar-refractivity contribution is 6.16. The van der Waals surface area contributed by atoms with Gasteiger partial charge in [0.1, 0.15) is 11.3 Å². The molecule has 1 fully saturated rings. The third-order valence-corrected chi connectivity index (χ3v) is 5.88. The number of amides is 1. The van der Waals surface area contributed by atoms with E-state index in [9.17, 15) is 14.0 Å². The average Bonchev–Trinajstić information content (AvgIpc) is 3.07. The van der Waals surface area contributed by atoms with Gasteiger partial charge in [0.25, 0.3) is 11.5 Å². The molecule has 1 aliphatic heterocycles. The molecule has 0 N–H and O–H groups in total. The van der Waals surface area contributed by atoms with Crippen molar-refractivity contribution in [1.29, 1.82) is 0 Å². The molecule has 10 heteroatoms. The minimum Gasteiger partial charge on any atom is -0.339 e. The maximum atomic E-state index is 14.0. The van der Waals surface area contributed by atoms with E-state index in [1.165, 1.54) is 23.0 Å². The Labute approximate surface area is 189 Å². The van der Waals surface area contributed by atoms with Gasteiger partial charge in [-0.25, -0.2) is 4.39 Å². The van der Waals surface area contributed by atoms with Gasteiger partial charge in [-0.05, 0) is 37.4 Å². The van der Waals surface area contributed by atoms with E-state index >= 15 is 0 Å². The molecule has 1 aliphatic rings. The average molecular weight is 457 g/mol. The van der Waals surface area contributed by atoms with Crippen LogP contribution in [0.25, 0.3) is 27.5 Å². The van der Waals surface area contributed by atoms with Crippen molar-refractivity contribution in [2.24, 2.45) is 7.05 Å². The summed E-state index contributed by atoms with van der Waals surface area (Å²) in [5.41, 5.74) is 1.08. The first-order valence-corrected chi connectivity index (χ1v) is 10.0. The van der Waals surface area contributed by atoms with Crippen LogP contribution in [0.4, 0.5) is 4.39 Å². The van der Waals surface area contributed by atoms with Gasteiger partial charge in [-0.15, -0.1) is 12.4 Å². The second-order valence-electron chi connectivity index (χ2n) is 7.82. The second-order valence-corrected chi connectivity index (χ2v) is 7.82. The summed E-state index contributed by atoms with van der Waals surface area (Å²) in [5.74, 6) is -0.654. The fraction of sp³-hybridized carbons (Fsp3) is 0.273. The number of halogens is 2. The molecule has 0 atom stereocenters. The summed E-state index contributed by atoms with van der Waals surface area (Å²) in [4.78, 5) is 35.0. The number of fused-ring (bicyclic) bond motifs is 3. The van der Waals surface area contributed by atoms with Crippen molar-refractivity contribution in [2.75, 3.05) is 33.2 Å². The van der Waals surface area contributed by atoms with Crippen LogP contribution in [-0.4, -0.2) is 68.3 Å². The van der Waals surface area contributed by atoms with Gasteiger partial charge in [0, 0.05) is 50.2 Å². The van der Waals surface area contributed by atoms with Gasteiger partial charge < -0.3 is 14.4 Å². The molecular weight excluding hydrogens is 435 g/mol. The lowest BCUT2D eigenvalue weighted by atomic mass is 10.1. The zero-order valence-electron chi connectivity index (χ0n) is 17.7. The molecule has 32 heavy (non-hydrogen) atoms. The highest BCUT2D eigenvalue weighted by Gasteiger charge is 2.28. The molecule has 4 heterocycles. The normalized spacial score (nSPS) is 14.7. The van der Waals surface area contributed by atoms with E-state index in [0.717, 1.165) is 13.1 Å². The molecule has 8 nitrogen and oxygen atoms in total. The quantitative estimate of drug-likeness (QED) is 0.462. The molecule has 1 amide bonds. The zero-order valence-corrected chi connectivity index (χ0v) is 18.5. The molecule has 4 aromatic rings. The maximum absolute atomic E-state index is 14.0. The standard InChI is InChI=1S/C22H21FN6O2.ClH/c1-26-8-10-28(11-9-26)21(30)19-18-16-6-5-14(23)12-17(16)27(2)20(18)22(31)29(25-19)15-4-3-7-24-13-15;/h3-7,12-13H,8-11H2,1-2H3;1H. The van der Waals surface area contributed by atoms with Crippen molar-refractivity contribution in [3.8, 4) is 5.69 Å². The number of benzene rings is 1. The monoisotopic (exact) mass is 456 g/mol. The van der Waals surface area contributed by atoms with E-state index in [2.05, 4.69) is 15.0 Å². The number of hydrogen-bond donors (Lipinski definition) is 0. The first-order chi connectivity index (χ1) is 15.0. The van der Waals surface area contributed by atoms with Crippen LogP contribution in [0, 0.1) is 5.82 Å². The highest BCUT2D eigenvalue weighted by atomic mass is 35.5. The van der Waals surface area contributed by atoms with E-state index in [1.807, 2.05) is 7.05 Å². The Bertz CT molecular complexity index is 1380. The molecule has 1 saturated heterocycles. The van der Waals surface area contributed by atoms with Crippen LogP contribution >= 0.6 is 12.4 Å². The zero-order chi connectivity index (χ0) is 21.7. The highest BCUT2D eigenvalue weighted by Crippen LogP contribution is 2.30. The van der Waals surface area contributed by atoms with Gasteiger partial charge in [-0.1, -0.05) is 0 Å². The number of aromatic nitrogens is 4. The Morgan fingerprint density at radius 3 is 2.53 bits per heavy atom. The summed E-state index contributed by atoms with van der Waals surface area (Å²) in [6, 6.07) is 7.71.